The molecule has 0 unspecified atom stereocenters. The topological polar surface area (TPSA) is 145 Å². The highest BCUT2D eigenvalue weighted by molar-refractivity contribution is 7.87. The summed E-state index contributed by atoms with van der Waals surface area (Å²) in [4.78, 5) is 31.8. The van der Waals surface area contributed by atoms with Crippen LogP contribution in [0.25, 0.3) is 0 Å². The molecule has 0 radical (unpaired) electrons. The van der Waals surface area contributed by atoms with Crippen molar-refractivity contribution >= 4 is 22.4 Å². The van der Waals surface area contributed by atoms with Crippen molar-refractivity contribution in [1.82, 2.24) is 14.8 Å². The van der Waals surface area contributed by atoms with Gasteiger partial charge in [0.15, 0.2) is 28.0 Å². The third-order valence-electron chi connectivity index (χ3n) is 6.53. The summed E-state index contributed by atoms with van der Waals surface area (Å²) >= 11 is 0. The number of aromatic nitrogens is 1. The van der Waals surface area contributed by atoms with E-state index in [2.05, 4.69) is 4.98 Å². The predicted molar refractivity (Wildman–Crippen MR) is 152 cm³/mol. The molecular weight excluding hydrogens is 566 g/mol. The van der Waals surface area contributed by atoms with E-state index in [1.165, 1.54) is 36.4 Å². The van der Waals surface area contributed by atoms with Gasteiger partial charge in [-0.05, 0) is 41.8 Å². The number of benzene rings is 2. The molecule has 224 valence electrons. The molecule has 2 heterocycles. The molecule has 0 aliphatic carbocycles. The molecule has 1 aliphatic heterocycles. The Balaban J connectivity index is 1.80. The summed E-state index contributed by atoms with van der Waals surface area (Å²) in [6.45, 7) is 4.65. The van der Waals surface area contributed by atoms with Gasteiger partial charge in [-0.25, -0.2) is 4.98 Å². The van der Waals surface area contributed by atoms with Gasteiger partial charge < -0.3 is 33.3 Å². The third kappa shape index (κ3) is 7.09. The van der Waals surface area contributed by atoms with Crippen molar-refractivity contribution in [2.75, 3.05) is 46.5 Å². The molecule has 42 heavy (non-hydrogen) atoms. The first-order valence-corrected chi connectivity index (χ1v) is 14.7. The number of ether oxygens (including phenoxy) is 3. The molecule has 2 aromatic carbocycles. The van der Waals surface area contributed by atoms with E-state index >= 15 is 0 Å². The number of aliphatic hydroxyl groups is 1. The van der Waals surface area contributed by atoms with Gasteiger partial charge in [-0.15, -0.1) is 0 Å². The first kappa shape index (κ1) is 30.6. The number of methoxy groups -OCH3 is 1. The lowest BCUT2D eigenvalue weighted by Crippen LogP contribution is -2.48. The molecular formula is C29H33N3O9S. The minimum atomic E-state index is -4.50. The van der Waals surface area contributed by atoms with Crippen LogP contribution >= 0.6 is 0 Å². The summed E-state index contributed by atoms with van der Waals surface area (Å²) in [6.07, 6.45) is 2.19. The molecule has 1 N–H and O–H groups in total. The van der Waals surface area contributed by atoms with Gasteiger partial charge in [0.25, 0.3) is 5.91 Å². The molecule has 0 spiro atoms. The van der Waals surface area contributed by atoms with Crippen molar-refractivity contribution in [3.63, 3.8) is 0 Å². The number of amides is 2. The van der Waals surface area contributed by atoms with Crippen molar-refractivity contribution in [1.29, 1.82) is 0 Å². The Morgan fingerprint density at radius 2 is 1.71 bits per heavy atom. The minimum absolute atomic E-state index is 0.0411. The van der Waals surface area contributed by atoms with E-state index in [-0.39, 0.29) is 65.8 Å². The summed E-state index contributed by atoms with van der Waals surface area (Å²) < 4.78 is 49.6. The molecule has 1 aromatic heterocycles. The molecule has 4 rings (SSSR count). The van der Waals surface area contributed by atoms with E-state index in [0.29, 0.717) is 18.8 Å². The number of hydrogen-bond acceptors (Lipinski definition) is 10. The Hall–Kier alpha value is -4.36. The average Bonchev–Trinajstić information content (AvgIpc) is 3.00. The first-order chi connectivity index (χ1) is 20.2. The van der Waals surface area contributed by atoms with Crippen LogP contribution in [0.5, 0.6) is 28.7 Å². The van der Waals surface area contributed by atoms with Gasteiger partial charge in [0.2, 0.25) is 12.2 Å². The maximum absolute atomic E-state index is 13.5. The van der Waals surface area contributed by atoms with Crippen molar-refractivity contribution in [3.8, 4) is 28.7 Å². The van der Waals surface area contributed by atoms with Crippen LogP contribution in [-0.4, -0.2) is 87.1 Å². The Bertz CT molecular complexity index is 1500. The summed E-state index contributed by atoms with van der Waals surface area (Å²) in [5.41, 5.74) is 0.902. The Morgan fingerprint density at radius 1 is 1.02 bits per heavy atom. The Morgan fingerprint density at radius 3 is 2.31 bits per heavy atom. The fraction of sp³-hybridized carbons (Fsp3) is 0.345. The fourth-order valence-corrected chi connectivity index (χ4v) is 5.06. The van der Waals surface area contributed by atoms with Crippen LogP contribution in [0.3, 0.4) is 0 Å². The molecule has 0 bridgehead atoms. The molecule has 2 amide bonds. The fourth-order valence-electron chi connectivity index (χ4n) is 4.19. The highest BCUT2D eigenvalue weighted by atomic mass is 32.2. The van der Waals surface area contributed by atoms with Crippen molar-refractivity contribution in [3.05, 3.63) is 65.9 Å². The van der Waals surface area contributed by atoms with E-state index in [1.54, 1.807) is 35.2 Å². The summed E-state index contributed by atoms with van der Waals surface area (Å²) in [5.74, 6) is -0.254. The van der Waals surface area contributed by atoms with Gasteiger partial charge in [0.1, 0.15) is 6.61 Å². The average molecular weight is 600 g/mol. The van der Waals surface area contributed by atoms with Crippen molar-refractivity contribution < 1.29 is 41.5 Å². The number of carbonyl (C=O) groups is 2. The highest BCUT2D eigenvalue weighted by Crippen LogP contribution is 2.45. The van der Waals surface area contributed by atoms with Gasteiger partial charge in [0, 0.05) is 37.9 Å². The lowest BCUT2D eigenvalue weighted by atomic mass is 10.1. The number of piperazine rings is 1. The van der Waals surface area contributed by atoms with Crippen LogP contribution < -0.4 is 18.4 Å². The monoisotopic (exact) mass is 599 g/mol. The zero-order chi connectivity index (χ0) is 30.3. The van der Waals surface area contributed by atoms with Crippen LogP contribution in [-0.2, 0) is 14.9 Å². The van der Waals surface area contributed by atoms with Crippen LogP contribution in [0.2, 0.25) is 0 Å². The van der Waals surface area contributed by atoms with Crippen LogP contribution in [0.4, 0.5) is 0 Å². The molecule has 0 atom stereocenters. The van der Waals surface area contributed by atoms with Gasteiger partial charge in [-0.3, -0.25) is 9.59 Å². The van der Waals surface area contributed by atoms with Crippen LogP contribution in [0, 0.1) is 0 Å². The summed E-state index contributed by atoms with van der Waals surface area (Å²) in [6, 6.07) is 12.3. The second-order valence-corrected chi connectivity index (χ2v) is 11.2. The van der Waals surface area contributed by atoms with Crippen LogP contribution in [0.15, 0.2) is 59.8 Å². The zero-order valence-corrected chi connectivity index (χ0v) is 24.4. The molecule has 1 fully saturated rings. The second-order valence-electron chi connectivity index (χ2n) is 9.68. The lowest BCUT2D eigenvalue weighted by molar-refractivity contribution is -0.119. The molecule has 3 aromatic rings. The summed E-state index contributed by atoms with van der Waals surface area (Å²) in [7, 11) is -3.05. The molecule has 1 aliphatic rings. The minimum Gasteiger partial charge on any atom is -0.493 e. The van der Waals surface area contributed by atoms with Crippen molar-refractivity contribution in [2.24, 2.45) is 0 Å². The van der Waals surface area contributed by atoms with Gasteiger partial charge in [0.05, 0.1) is 13.7 Å². The zero-order valence-electron chi connectivity index (χ0n) is 23.6. The van der Waals surface area contributed by atoms with E-state index in [1.807, 2.05) is 13.8 Å². The quantitative estimate of drug-likeness (QED) is 0.244. The van der Waals surface area contributed by atoms with Gasteiger partial charge in [-0.2, -0.15) is 8.42 Å². The SMILES string of the molecule is COc1ccccc1Oc1c(OCCO)cc(C(=O)N2CCN(C=O)CC2)cc1OS(=O)(=O)c1ccc(C(C)C)cn1. The number of aliphatic hydroxyl groups excluding tert-OH is 1. The van der Waals surface area contributed by atoms with E-state index in [9.17, 15) is 23.1 Å². The van der Waals surface area contributed by atoms with E-state index < -0.39 is 16.0 Å². The normalized spacial score (nSPS) is 13.5. The van der Waals surface area contributed by atoms with Gasteiger partial charge >= 0.3 is 10.1 Å². The summed E-state index contributed by atoms with van der Waals surface area (Å²) in [5, 5.41) is 9.12. The maximum Gasteiger partial charge on any atom is 0.357 e. The smallest absolute Gasteiger partial charge is 0.357 e. The molecule has 1 saturated heterocycles. The Labute approximate surface area is 244 Å². The van der Waals surface area contributed by atoms with Gasteiger partial charge in [-0.1, -0.05) is 32.0 Å². The number of hydrogen-bond donors (Lipinski definition) is 1. The second kappa shape index (κ2) is 13.5. The van der Waals surface area contributed by atoms with Crippen LogP contribution in [0.1, 0.15) is 35.7 Å². The number of nitrogens with zero attached hydrogens (tertiary/aromatic N) is 3. The molecule has 13 heteroatoms. The molecule has 12 nitrogen and oxygen atoms in total. The largest absolute Gasteiger partial charge is 0.493 e. The number of rotatable bonds is 12. The number of carbonyl (C=O) groups excluding carboxylic acids is 2. The maximum atomic E-state index is 13.5. The number of pyridine rings is 1. The van der Waals surface area contributed by atoms with E-state index in [4.69, 9.17) is 18.4 Å². The highest BCUT2D eigenvalue weighted by Gasteiger charge is 2.29. The van der Waals surface area contributed by atoms with Crippen molar-refractivity contribution in [2.45, 2.75) is 24.8 Å². The lowest BCUT2D eigenvalue weighted by Gasteiger charge is -2.32. The standard InChI is InChI=1S/C29H33N3O9S/c1-20(2)21-8-9-27(30-18-21)42(36,37)41-26-17-22(29(35)32-12-10-31(19-34)11-13-32)16-25(39-15-14-33)28(26)40-24-7-5-4-6-23(24)38-3/h4-9,16-20,33H,10-15H2,1-3H3. The first-order valence-electron chi connectivity index (χ1n) is 13.3. The third-order valence-corrected chi connectivity index (χ3v) is 7.68. The Kier molecular flexibility index (Phi) is 9.86. The predicted octanol–water partition coefficient (Wildman–Crippen LogP) is 3.06. The van der Waals surface area contributed by atoms with E-state index in [0.717, 1.165) is 12.0 Å². The molecule has 0 saturated carbocycles. The number of para-hydroxylation sites is 2.